The monoisotopic (exact) mass is 325 g/mol. The fourth-order valence-corrected chi connectivity index (χ4v) is 2.76. The highest BCUT2D eigenvalue weighted by molar-refractivity contribution is 7.99. The molecule has 23 heavy (non-hydrogen) atoms. The molecule has 0 spiro atoms. The van der Waals surface area contributed by atoms with Crippen LogP contribution >= 0.6 is 11.8 Å². The van der Waals surface area contributed by atoms with E-state index >= 15 is 0 Å². The van der Waals surface area contributed by atoms with Crippen LogP contribution in [0.1, 0.15) is 12.5 Å². The van der Waals surface area contributed by atoms with Crippen molar-refractivity contribution in [2.75, 3.05) is 12.4 Å². The summed E-state index contributed by atoms with van der Waals surface area (Å²) in [5, 5.41) is 7.99. The Hall–Kier alpha value is -2.27. The lowest BCUT2D eigenvalue weighted by Gasteiger charge is -2.03. The van der Waals surface area contributed by atoms with Crippen molar-refractivity contribution >= 4 is 11.8 Å². The van der Waals surface area contributed by atoms with Crippen molar-refractivity contribution in [3.8, 4) is 17.1 Å². The standard InChI is InChI=1S/C18H19N3OS/c1-2-14-8-10-15(11-9-14)17-19-18(21-20-17)23-13-12-22-16-6-4-3-5-7-16/h3-11H,2,12-13H2,1H3,(H,19,20,21). The van der Waals surface area contributed by atoms with Crippen LogP contribution in [0, 0.1) is 0 Å². The van der Waals surface area contributed by atoms with Gasteiger partial charge in [-0.05, 0) is 24.1 Å². The summed E-state index contributed by atoms with van der Waals surface area (Å²) < 4.78 is 5.66. The van der Waals surface area contributed by atoms with Crippen LogP contribution in [0.25, 0.3) is 11.4 Å². The molecule has 0 radical (unpaired) electrons. The average Bonchev–Trinajstić information content (AvgIpc) is 3.09. The van der Waals surface area contributed by atoms with Gasteiger partial charge in [-0.3, -0.25) is 5.10 Å². The number of aryl methyl sites for hydroxylation is 1. The minimum atomic E-state index is 0.629. The maximum absolute atomic E-state index is 5.66. The molecular weight excluding hydrogens is 306 g/mol. The number of rotatable bonds is 7. The molecule has 3 aromatic rings. The molecule has 2 aromatic carbocycles. The maximum atomic E-state index is 5.66. The molecule has 118 valence electrons. The number of H-pyrrole nitrogens is 1. The molecule has 0 aliphatic carbocycles. The third kappa shape index (κ3) is 4.36. The van der Waals surface area contributed by atoms with Crippen LogP contribution in [0.2, 0.25) is 0 Å². The van der Waals surface area contributed by atoms with E-state index in [-0.39, 0.29) is 0 Å². The van der Waals surface area contributed by atoms with Gasteiger partial charge in [0.2, 0.25) is 5.16 Å². The van der Waals surface area contributed by atoms with Crippen molar-refractivity contribution in [2.45, 2.75) is 18.5 Å². The van der Waals surface area contributed by atoms with Crippen LogP contribution in [-0.2, 0) is 6.42 Å². The zero-order chi connectivity index (χ0) is 15.9. The van der Waals surface area contributed by atoms with E-state index < -0.39 is 0 Å². The smallest absolute Gasteiger partial charge is 0.208 e. The van der Waals surface area contributed by atoms with E-state index in [9.17, 15) is 0 Å². The number of thioether (sulfide) groups is 1. The van der Waals surface area contributed by atoms with Crippen LogP contribution in [0.15, 0.2) is 59.8 Å². The van der Waals surface area contributed by atoms with Crippen molar-refractivity contribution in [2.24, 2.45) is 0 Å². The van der Waals surface area contributed by atoms with Crippen LogP contribution in [0.3, 0.4) is 0 Å². The molecule has 0 fully saturated rings. The first-order valence-corrected chi connectivity index (χ1v) is 8.66. The Bertz CT molecular complexity index is 726. The van der Waals surface area contributed by atoms with E-state index in [1.165, 1.54) is 5.56 Å². The lowest BCUT2D eigenvalue weighted by molar-refractivity contribution is 0.344. The molecule has 1 aromatic heterocycles. The molecule has 1 N–H and O–H groups in total. The fourth-order valence-electron chi connectivity index (χ4n) is 2.15. The third-order valence-corrected chi connectivity index (χ3v) is 4.24. The summed E-state index contributed by atoms with van der Waals surface area (Å²) in [7, 11) is 0. The number of hydrogen-bond acceptors (Lipinski definition) is 4. The van der Waals surface area contributed by atoms with Gasteiger partial charge in [-0.2, -0.15) is 0 Å². The molecule has 0 atom stereocenters. The highest BCUT2D eigenvalue weighted by atomic mass is 32.2. The summed E-state index contributed by atoms with van der Waals surface area (Å²) in [5.74, 6) is 2.50. The summed E-state index contributed by atoms with van der Waals surface area (Å²) >= 11 is 1.58. The van der Waals surface area contributed by atoms with E-state index in [4.69, 9.17) is 4.74 Å². The fraction of sp³-hybridized carbons (Fsp3) is 0.222. The largest absolute Gasteiger partial charge is 0.493 e. The van der Waals surface area contributed by atoms with E-state index in [0.717, 1.165) is 34.5 Å². The lowest BCUT2D eigenvalue weighted by Crippen LogP contribution is -2.00. The Morgan fingerprint density at radius 3 is 2.57 bits per heavy atom. The Balaban J connectivity index is 1.51. The number of nitrogens with zero attached hydrogens (tertiary/aromatic N) is 2. The van der Waals surface area contributed by atoms with Gasteiger partial charge in [-0.15, -0.1) is 5.10 Å². The molecule has 1 heterocycles. The Morgan fingerprint density at radius 2 is 1.83 bits per heavy atom. The molecule has 0 unspecified atom stereocenters. The lowest BCUT2D eigenvalue weighted by atomic mass is 10.1. The SMILES string of the molecule is CCc1ccc(-c2nc(SCCOc3ccccc3)n[nH]2)cc1. The second-order valence-electron chi connectivity index (χ2n) is 5.03. The number of aromatic nitrogens is 3. The number of hydrogen-bond donors (Lipinski definition) is 1. The van der Waals surface area contributed by atoms with E-state index in [1.807, 2.05) is 30.3 Å². The van der Waals surface area contributed by atoms with Crippen LogP contribution in [0.4, 0.5) is 0 Å². The first-order chi connectivity index (χ1) is 11.3. The molecule has 0 aliphatic heterocycles. The minimum absolute atomic E-state index is 0.629. The Kier molecular flexibility index (Phi) is 5.32. The summed E-state index contributed by atoms with van der Waals surface area (Å²) in [6.07, 6.45) is 1.04. The molecule has 0 aliphatic rings. The van der Waals surface area contributed by atoms with Crippen LogP contribution < -0.4 is 4.74 Å². The second-order valence-corrected chi connectivity index (χ2v) is 6.09. The molecule has 0 saturated carbocycles. The molecule has 3 rings (SSSR count). The summed E-state index contributed by atoms with van der Waals surface area (Å²) in [6.45, 7) is 2.78. The van der Waals surface area contributed by atoms with Gasteiger partial charge in [0, 0.05) is 11.3 Å². The Morgan fingerprint density at radius 1 is 1.04 bits per heavy atom. The van der Waals surface area contributed by atoms with Crippen molar-refractivity contribution in [3.05, 3.63) is 60.2 Å². The average molecular weight is 325 g/mol. The normalized spacial score (nSPS) is 10.7. The van der Waals surface area contributed by atoms with Gasteiger partial charge in [0.15, 0.2) is 5.82 Å². The predicted molar refractivity (Wildman–Crippen MR) is 93.9 cm³/mol. The topological polar surface area (TPSA) is 50.8 Å². The number of ether oxygens (including phenoxy) is 1. The molecule has 0 saturated heterocycles. The van der Waals surface area contributed by atoms with Crippen LogP contribution in [-0.4, -0.2) is 27.5 Å². The van der Waals surface area contributed by atoms with E-state index in [2.05, 4.69) is 46.4 Å². The van der Waals surface area contributed by atoms with Crippen molar-refractivity contribution in [1.82, 2.24) is 15.2 Å². The van der Waals surface area contributed by atoms with Gasteiger partial charge in [-0.25, -0.2) is 4.98 Å². The van der Waals surface area contributed by atoms with Gasteiger partial charge in [-0.1, -0.05) is 61.2 Å². The molecule has 5 heteroatoms. The quantitative estimate of drug-likeness (QED) is 0.522. The number of para-hydroxylation sites is 1. The van der Waals surface area contributed by atoms with E-state index in [0.29, 0.717) is 6.61 Å². The van der Waals surface area contributed by atoms with Crippen molar-refractivity contribution < 1.29 is 4.74 Å². The molecule has 0 bridgehead atoms. The summed E-state index contributed by atoms with van der Waals surface area (Å²) in [5.41, 5.74) is 2.38. The second kappa shape index (κ2) is 7.83. The first kappa shape index (κ1) is 15.6. The number of benzene rings is 2. The zero-order valence-corrected chi connectivity index (χ0v) is 13.8. The van der Waals surface area contributed by atoms with Crippen molar-refractivity contribution in [1.29, 1.82) is 0 Å². The predicted octanol–water partition coefficient (Wildman–Crippen LogP) is 4.21. The summed E-state index contributed by atoms with van der Waals surface area (Å²) in [6, 6.07) is 18.2. The molecular formula is C18H19N3OS. The highest BCUT2D eigenvalue weighted by Gasteiger charge is 2.06. The van der Waals surface area contributed by atoms with Gasteiger partial charge in [0.1, 0.15) is 5.75 Å². The Labute approximate surface area is 140 Å². The maximum Gasteiger partial charge on any atom is 0.208 e. The highest BCUT2D eigenvalue weighted by Crippen LogP contribution is 2.20. The minimum Gasteiger partial charge on any atom is -0.493 e. The third-order valence-electron chi connectivity index (χ3n) is 3.43. The molecule has 0 amide bonds. The van der Waals surface area contributed by atoms with Gasteiger partial charge >= 0.3 is 0 Å². The first-order valence-electron chi connectivity index (χ1n) is 7.67. The van der Waals surface area contributed by atoms with Gasteiger partial charge in [0.05, 0.1) is 6.61 Å². The number of nitrogens with one attached hydrogen (secondary N) is 1. The number of aromatic amines is 1. The van der Waals surface area contributed by atoms with E-state index in [1.54, 1.807) is 11.8 Å². The summed E-state index contributed by atoms with van der Waals surface area (Å²) in [4.78, 5) is 4.52. The van der Waals surface area contributed by atoms with Gasteiger partial charge in [0.25, 0.3) is 0 Å². The molecule has 4 nitrogen and oxygen atoms in total. The van der Waals surface area contributed by atoms with Crippen molar-refractivity contribution in [3.63, 3.8) is 0 Å². The van der Waals surface area contributed by atoms with Crippen LogP contribution in [0.5, 0.6) is 5.75 Å². The van der Waals surface area contributed by atoms with Gasteiger partial charge < -0.3 is 4.74 Å². The zero-order valence-electron chi connectivity index (χ0n) is 13.0.